The number of carbonyl (C=O) groups excluding carboxylic acids is 1. The molecular formula is C23H31N2O4+. The van der Waals surface area contributed by atoms with Crippen LogP contribution in [0.15, 0.2) is 42.5 Å². The molecule has 0 radical (unpaired) electrons. The Morgan fingerprint density at radius 1 is 1.03 bits per heavy atom. The first-order valence-corrected chi connectivity index (χ1v) is 10.0. The van der Waals surface area contributed by atoms with Gasteiger partial charge < -0.3 is 24.0 Å². The molecule has 3 rings (SSSR count). The summed E-state index contributed by atoms with van der Waals surface area (Å²) < 4.78 is 16.1. The van der Waals surface area contributed by atoms with Crippen LogP contribution in [0.1, 0.15) is 30.0 Å². The van der Waals surface area contributed by atoms with Crippen LogP contribution in [0.2, 0.25) is 0 Å². The number of benzene rings is 2. The van der Waals surface area contributed by atoms with E-state index in [9.17, 15) is 4.79 Å². The summed E-state index contributed by atoms with van der Waals surface area (Å²) in [6.07, 6.45) is 1.93. The SMILES string of the molecule is COc1ccc(C[NH+](C)CC(=O)N2CCC[C@@H]2c2cc(OC)ccc2OC)cc1. The van der Waals surface area contributed by atoms with E-state index in [1.165, 1.54) is 5.56 Å². The Bertz CT molecular complexity index is 822. The molecule has 6 nitrogen and oxygen atoms in total. The smallest absolute Gasteiger partial charge is 0.278 e. The van der Waals surface area contributed by atoms with Crippen molar-refractivity contribution in [2.24, 2.45) is 0 Å². The summed E-state index contributed by atoms with van der Waals surface area (Å²) in [5, 5.41) is 0. The number of likely N-dealkylation sites (N-methyl/N-ethyl adjacent to an activating group) is 1. The van der Waals surface area contributed by atoms with Gasteiger partial charge in [-0.25, -0.2) is 0 Å². The molecular weight excluding hydrogens is 368 g/mol. The van der Waals surface area contributed by atoms with E-state index in [0.717, 1.165) is 53.6 Å². The fourth-order valence-electron chi connectivity index (χ4n) is 4.00. The minimum atomic E-state index is 0.0290. The molecule has 156 valence electrons. The van der Waals surface area contributed by atoms with Gasteiger partial charge in [-0.15, -0.1) is 0 Å². The van der Waals surface area contributed by atoms with E-state index in [-0.39, 0.29) is 11.9 Å². The summed E-state index contributed by atoms with van der Waals surface area (Å²) in [5.74, 6) is 2.59. The van der Waals surface area contributed by atoms with Crippen LogP contribution >= 0.6 is 0 Å². The molecule has 1 saturated heterocycles. The minimum absolute atomic E-state index is 0.0290. The number of amides is 1. The monoisotopic (exact) mass is 399 g/mol. The molecule has 0 spiro atoms. The molecule has 1 N–H and O–H groups in total. The second-order valence-electron chi connectivity index (χ2n) is 7.51. The fraction of sp³-hybridized carbons (Fsp3) is 0.435. The zero-order valence-corrected chi connectivity index (χ0v) is 17.7. The average Bonchev–Trinajstić information content (AvgIpc) is 3.23. The number of hydrogen-bond acceptors (Lipinski definition) is 4. The van der Waals surface area contributed by atoms with Crippen molar-refractivity contribution >= 4 is 5.91 Å². The molecule has 1 aliphatic heterocycles. The van der Waals surface area contributed by atoms with Gasteiger partial charge in [0.05, 0.1) is 34.4 Å². The highest BCUT2D eigenvalue weighted by Gasteiger charge is 2.33. The quantitative estimate of drug-likeness (QED) is 0.739. The van der Waals surface area contributed by atoms with Gasteiger partial charge in [0.1, 0.15) is 23.8 Å². The molecule has 1 aliphatic rings. The van der Waals surface area contributed by atoms with Crippen molar-refractivity contribution in [2.45, 2.75) is 25.4 Å². The second-order valence-corrected chi connectivity index (χ2v) is 7.51. The maximum absolute atomic E-state index is 13.1. The predicted molar refractivity (Wildman–Crippen MR) is 112 cm³/mol. The molecule has 1 fully saturated rings. The summed E-state index contributed by atoms with van der Waals surface area (Å²) in [6, 6.07) is 13.8. The zero-order chi connectivity index (χ0) is 20.8. The van der Waals surface area contributed by atoms with Crippen molar-refractivity contribution in [3.8, 4) is 17.2 Å². The van der Waals surface area contributed by atoms with E-state index in [0.29, 0.717) is 6.54 Å². The number of quaternary nitrogens is 1. The first-order valence-electron chi connectivity index (χ1n) is 10.0. The summed E-state index contributed by atoms with van der Waals surface area (Å²) in [4.78, 5) is 16.2. The number of nitrogens with zero attached hydrogens (tertiary/aromatic N) is 1. The van der Waals surface area contributed by atoms with Gasteiger partial charge in [-0.1, -0.05) is 0 Å². The lowest BCUT2D eigenvalue weighted by atomic mass is 10.0. The van der Waals surface area contributed by atoms with Crippen LogP contribution < -0.4 is 19.1 Å². The van der Waals surface area contributed by atoms with Crippen LogP contribution in [-0.4, -0.2) is 52.3 Å². The van der Waals surface area contributed by atoms with Gasteiger partial charge in [0, 0.05) is 17.7 Å². The summed E-state index contributed by atoms with van der Waals surface area (Å²) in [6.45, 7) is 2.02. The lowest BCUT2D eigenvalue weighted by molar-refractivity contribution is -0.885. The first-order chi connectivity index (χ1) is 14.0. The highest BCUT2D eigenvalue weighted by atomic mass is 16.5. The predicted octanol–water partition coefficient (Wildman–Crippen LogP) is 2.09. The van der Waals surface area contributed by atoms with Crippen molar-refractivity contribution in [3.63, 3.8) is 0 Å². The molecule has 29 heavy (non-hydrogen) atoms. The molecule has 2 atom stereocenters. The third kappa shape index (κ3) is 5.01. The Morgan fingerprint density at radius 3 is 2.38 bits per heavy atom. The number of ether oxygens (including phenoxy) is 3. The van der Waals surface area contributed by atoms with Gasteiger partial charge in [-0.3, -0.25) is 4.79 Å². The molecule has 1 unspecified atom stereocenters. The largest absolute Gasteiger partial charge is 0.497 e. The van der Waals surface area contributed by atoms with E-state index in [1.54, 1.807) is 21.3 Å². The Kier molecular flexibility index (Phi) is 6.99. The first kappa shape index (κ1) is 21.0. The zero-order valence-electron chi connectivity index (χ0n) is 17.7. The molecule has 0 saturated carbocycles. The van der Waals surface area contributed by atoms with Crippen LogP contribution in [0.5, 0.6) is 17.2 Å². The van der Waals surface area contributed by atoms with E-state index in [4.69, 9.17) is 14.2 Å². The van der Waals surface area contributed by atoms with Gasteiger partial charge in [0.15, 0.2) is 6.54 Å². The highest BCUT2D eigenvalue weighted by Crippen LogP contribution is 2.38. The third-order valence-corrected chi connectivity index (χ3v) is 5.49. The van der Waals surface area contributed by atoms with Crippen molar-refractivity contribution in [2.75, 3.05) is 41.5 Å². The number of hydrogen-bond donors (Lipinski definition) is 1. The molecule has 0 bridgehead atoms. The lowest BCUT2D eigenvalue weighted by Gasteiger charge is -2.27. The van der Waals surface area contributed by atoms with E-state index < -0.39 is 0 Å². The van der Waals surface area contributed by atoms with Crippen LogP contribution in [0.25, 0.3) is 0 Å². The van der Waals surface area contributed by atoms with Crippen LogP contribution in [0, 0.1) is 0 Å². The van der Waals surface area contributed by atoms with Gasteiger partial charge in [-0.2, -0.15) is 0 Å². The Labute approximate surface area is 173 Å². The number of nitrogens with one attached hydrogen (secondary N) is 1. The van der Waals surface area contributed by atoms with E-state index >= 15 is 0 Å². The van der Waals surface area contributed by atoms with Gasteiger partial charge in [0.2, 0.25) is 0 Å². The number of methoxy groups -OCH3 is 3. The van der Waals surface area contributed by atoms with Crippen LogP contribution in [0.4, 0.5) is 0 Å². The number of rotatable bonds is 8. The molecule has 2 aromatic carbocycles. The van der Waals surface area contributed by atoms with Crippen molar-refractivity contribution < 1.29 is 23.9 Å². The topological polar surface area (TPSA) is 52.4 Å². The summed E-state index contributed by atoms with van der Waals surface area (Å²) >= 11 is 0. The fourth-order valence-corrected chi connectivity index (χ4v) is 4.00. The Hall–Kier alpha value is -2.73. The standard InChI is InChI=1S/C23H30N2O4/c1-24(15-17-7-9-18(27-2)10-8-17)16-23(26)25-13-5-6-21(25)20-14-19(28-3)11-12-22(20)29-4/h7-12,14,21H,5-6,13,15-16H2,1-4H3/p+1/t21-/m1/s1. The molecule has 1 heterocycles. The van der Waals surface area contributed by atoms with E-state index in [1.807, 2.05) is 47.4 Å². The Balaban J connectivity index is 1.68. The highest BCUT2D eigenvalue weighted by molar-refractivity contribution is 5.78. The molecule has 0 aromatic heterocycles. The Morgan fingerprint density at radius 2 is 1.72 bits per heavy atom. The normalized spacial score (nSPS) is 17.1. The molecule has 1 amide bonds. The second kappa shape index (κ2) is 9.65. The average molecular weight is 400 g/mol. The molecule has 0 aliphatic carbocycles. The maximum atomic E-state index is 13.1. The van der Waals surface area contributed by atoms with Gasteiger partial charge in [-0.05, 0) is 55.3 Å². The van der Waals surface area contributed by atoms with Crippen molar-refractivity contribution in [1.82, 2.24) is 4.90 Å². The van der Waals surface area contributed by atoms with Crippen molar-refractivity contribution in [1.29, 1.82) is 0 Å². The molecule has 2 aromatic rings. The molecule has 6 heteroatoms. The van der Waals surface area contributed by atoms with Gasteiger partial charge in [0.25, 0.3) is 5.91 Å². The van der Waals surface area contributed by atoms with Crippen molar-refractivity contribution in [3.05, 3.63) is 53.6 Å². The summed E-state index contributed by atoms with van der Waals surface area (Å²) in [7, 11) is 7.04. The minimum Gasteiger partial charge on any atom is -0.497 e. The number of carbonyl (C=O) groups is 1. The lowest BCUT2D eigenvalue weighted by Crippen LogP contribution is -3.08. The maximum Gasteiger partial charge on any atom is 0.278 e. The third-order valence-electron chi connectivity index (χ3n) is 5.49. The van der Waals surface area contributed by atoms with Crippen LogP contribution in [-0.2, 0) is 11.3 Å². The van der Waals surface area contributed by atoms with Crippen LogP contribution in [0.3, 0.4) is 0 Å². The van der Waals surface area contributed by atoms with E-state index in [2.05, 4.69) is 7.05 Å². The van der Waals surface area contributed by atoms with Gasteiger partial charge >= 0.3 is 0 Å². The summed E-state index contributed by atoms with van der Waals surface area (Å²) in [5.41, 5.74) is 2.20. The number of likely N-dealkylation sites (tertiary alicyclic amines) is 1.